The Labute approximate surface area is 182 Å². The number of esters is 1. The van der Waals surface area contributed by atoms with Crippen LogP contribution in [0.5, 0.6) is 0 Å². The summed E-state index contributed by atoms with van der Waals surface area (Å²) in [5.74, 6) is -0.761. The van der Waals surface area contributed by atoms with Crippen LogP contribution in [-0.4, -0.2) is 30.0 Å². The Morgan fingerprint density at radius 1 is 1.10 bits per heavy atom. The van der Waals surface area contributed by atoms with Gasteiger partial charge in [-0.05, 0) is 55.0 Å². The summed E-state index contributed by atoms with van der Waals surface area (Å²) in [6, 6.07) is 15.9. The minimum Gasteiger partial charge on any atom is -0.452 e. The van der Waals surface area contributed by atoms with Crippen molar-refractivity contribution in [2.45, 2.75) is 33.1 Å². The largest absolute Gasteiger partial charge is 0.452 e. The quantitative estimate of drug-likeness (QED) is 0.593. The van der Waals surface area contributed by atoms with E-state index in [4.69, 9.17) is 9.72 Å². The number of fused-ring (bicyclic) bond motifs is 2. The standard InChI is InChI=1S/C26H26N2O3/c1-3-14-27-23(29)16-31-26(30)24-20-6-4-5-7-22(20)28-25-19(12-13-21(24)25)15-18-10-8-17(2)9-11-18/h4-11,15H,3,12-14,16H2,1-2H3,(H,27,29). The molecular weight excluding hydrogens is 388 g/mol. The molecule has 158 valence electrons. The maximum atomic E-state index is 13.0. The van der Waals surface area contributed by atoms with Gasteiger partial charge in [0.2, 0.25) is 0 Å². The number of carbonyl (C=O) groups is 2. The third-order valence-corrected chi connectivity index (χ3v) is 5.47. The van der Waals surface area contributed by atoms with Crippen molar-refractivity contribution in [3.05, 3.63) is 76.5 Å². The van der Waals surface area contributed by atoms with Gasteiger partial charge in [-0.2, -0.15) is 0 Å². The fraction of sp³-hybridized carbons (Fsp3) is 0.269. The van der Waals surface area contributed by atoms with Crippen LogP contribution in [0.15, 0.2) is 48.5 Å². The van der Waals surface area contributed by atoms with Crippen molar-refractivity contribution in [3.8, 4) is 0 Å². The third-order valence-electron chi connectivity index (χ3n) is 5.47. The summed E-state index contributed by atoms with van der Waals surface area (Å²) < 4.78 is 5.39. The number of rotatable bonds is 6. The summed E-state index contributed by atoms with van der Waals surface area (Å²) >= 11 is 0. The first-order valence-electron chi connectivity index (χ1n) is 10.7. The van der Waals surface area contributed by atoms with E-state index in [1.807, 2.05) is 31.2 Å². The Balaban J connectivity index is 1.70. The van der Waals surface area contributed by atoms with Crippen LogP contribution < -0.4 is 5.32 Å². The van der Waals surface area contributed by atoms with E-state index < -0.39 is 5.97 Å². The molecule has 0 radical (unpaired) electrons. The van der Waals surface area contributed by atoms with Gasteiger partial charge in [0.15, 0.2) is 6.61 Å². The Kier molecular flexibility index (Phi) is 6.12. The number of hydrogen-bond donors (Lipinski definition) is 1. The van der Waals surface area contributed by atoms with Gasteiger partial charge >= 0.3 is 5.97 Å². The first-order chi connectivity index (χ1) is 15.1. The van der Waals surface area contributed by atoms with Gasteiger partial charge in [0.05, 0.1) is 16.8 Å². The van der Waals surface area contributed by atoms with Gasteiger partial charge in [-0.15, -0.1) is 0 Å². The summed E-state index contributed by atoms with van der Waals surface area (Å²) in [4.78, 5) is 29.8. The number of para-hydroxylation sites is 1. The first-order valence-corrected chi connectivity index (χ1v) is 10.7. The average Bonchev–Trinajstić information content (AvgIpc) is 3.17. The molecule has 2 aromatic carbocycles. The SMILES string of the molecule is CCCNC(=O)COC(=O)c1c2c(nc3ccccc13)C(=Cc1ccc(C)cc1)CC2. The average molecular weight is 415 g/mol. The highest BCUT2D eigenvalue weighted by atomic mass is 16.5. The molecule has 0 spiro atoms. The Hall–Kier alpha value is -3.47. The predicted molar refractivity (Wildman–Crippen MR) is 123 cm³/mol. The van der Waals surface area contributed by atoms with Gasteiger partial charge in [0, 0.05) is 11.9 Å². The number of nitrogens with zero attached hydrogens (tertiary/aromatic N) is 1. The lowest BCUT2D eigenvalue weighted by molar-refractivity contribution is -0.124. The van der Waals surface area contributed by atoms with Crippen LogP contribution in [0, 0.1) is 6.92 Å². The van der Waals surface area contributed by atoms with Crippen molar-refractivity contribution in [2.24, 2.45) is 0 Å². The van der Waals surface area contributed by atoms with Crippen molar-refractivity contribution in [1.82, 2.24) is 10.3 Å². The Morgan fingerprint density at radius 3 is 2.65 bits per heavy atom. The van der Waals surface area contributed by atoms with Crippen LogP contribution >= 0.6 is 0 Å². The van der Waals surface area contributed by atoms with E-state index in [1.165, 1.54) is 5.56 Å². The summed E-state index contributed by atoms with van der Waals surface area (Å²) in [6.45, 7) is 4.32. The molecule has 5 nitrogen and oxygen atoms in total. The van der Waals surface area contributed by atoms with E-state index in [0.29, 0.717) is 12.1 Å². The molecule has 0 aliphatic heterocycles. The number of allylic oxidation sites excluding steroid dienone is 1. The zero-order chi connectivity index (χ0) is 21.8. The van der Waals surface area contributed by atoms with Crippen LogP contribution in [0.2, 0.25) is 0 Å². The minimum absolute atomic E-state index is 0.281. The number of ether oxygens (including phenoxy) is 1. The normalized spacial score (nSPS) is 13.9. The second-order valence-electron chi connectivity index (χ2n) is 7.84. The Bertz CT molecular complexity index is 1160. The highest BCUT2D eigenvalue weighted by molar-refractivity contribution is 6.07. The van der Waals surface area contributed by atoms with Gasteiger partial charge in [0.1, 0.15) is 0 Å². The molecule has 31 heavy (non-hydrogen) atoms. The van der Waals surface area contributed by atoms with Gasteiger partial charge in [-0.3, -0.25) is 4.79 Å². The molecule has 1 aliphatic carbocycles. The number of aryl methyl sites for hydroxylation is 1. The number of amides is 1. The molecule has 3 aromatic rings. The lowest BCUT2D eigenvalue weighted by atomic mass is 10.0. The maximum Gasteiger partial charge on any atom is 0.339 e. The molecule has 1 aromatic heterocycles. The topological polar surface area (TPSA) is 68.3 Å². The van der Waals surface area contributed by atoms with E-state index in [0.717, 1.165) is 52.6 Å². The fourth-order valence-electron chi connectivity index (χ4n) is 3.89. The number of carbonyl (C=O) groups excluding carboxylic acids is 2. The molecule has 1 heterocycles. The predicted octanol–water partition coefficient (Wildman–Crippen LogP) is 4.71. The van der Waals surface area contributed by atoms with Gasteiger partial charge in [-0.1, -0.05) is 55.0 Å². The van der Waals surface area contributed by atoms with Crippen molar-refractivity contribution in [1.29, 1.82) is 0 Å². The van der Waals surface area contributed by atoms with Crippen LogP contribution in [0.1, 0.15) is 52.5 Å². The smallest absolute Gasteiger partial charge is 0.339 e. The molecule has 1 N–H and O–H groups in total. The molecule has 0 saturated heterocycles. The van der Waals surface area contributed by atoms with Crippen molar-refractivity contribution in [3.63, 3.8) is 0 Å². The number of nitrogens with one attached hydrogen (secondary N) is 1. The van der Waals surface area contributed by atoms with Crippen LogP contribution in [-0.2, 0) is 16.0 Å². The fourth-order valence-corrected chi connectivity index (χ4v) is 3.89. The molecule has 0 bridgehead atoms. The van der Waals surface area contributed by atoms with Gasteiger partial charge in [-0.25, -0.2) is 9.78 Å². The summed E-state index contributed by atoms with van der Waals surface area (Å²) in [6.07, 6.45) is 4.50. The van der Waals surface area contributed by atoms with Gasteiger partial charge < -0.3 is 10.1 Å². The second kappa shape index (κ2) is 9.13. The van der Waals surface area contributed by atoms with E-state index >= 15 is 0 Å². The number of hydrogen-bond acceptors (Lipinski definition) is 4. The highest BCUT2D eigenvalue weighted by Gasteiger charge is 2.27. The minimum atomic E-state index is -0.474. The molecule has 0 saturated carbocycles. The zero-order valence-electron chi connectivity index (χ0n) is 17.9. The molecule has 4 rings (SSSR count). The Morgan fingerprint density at radius 2 is 1.87 bits per heavy atom. The van der Waals surface area contributed by atoms with Crippen LogP contribution in [0.4, 0.5) is 0 Å². The van der Waals surface area contributed by atoms with Crippen molar-refractivity contribution >= 4 is 34.4 Å². The van der Waals surface area contributed by atoms with Crippen LogP contribution in [0.25, 0.3) is 22.6 Å². The lowest BCUT2D eigenvalue weighted by Gasteiger charge is -2.12. The van der Waals surface area contributed by atoms with E-state index in [1.54, 1.807) is 0 Å². The van der Waals surface area contributed by atoms with E-state index in [9.17, 15) is 9.59 Å². The van der Waals surface area contributed by atoms with E-state index in [2.05, 4.69) is 42.6 Å². The molecule has 1 amide bonds. The number of pyridine rings is 1. The molecule has 0 atom stereocenters. The summed E-state index contributed by atoms with van der Waals surface area (Å²) in [7, 11) is 0. The molecule has 0 fully saturated rings. The zero-order valence-corrected chi connectivity index (χ0v) is 17.9. The summed E-state index contributed by atoms with van der Waals surface area (Å²) in [5, 5.41) is 3.49. The monoisotopic (exact) mass is 414 g/mol. The van der Waals surface area contributed by atoms with E-state index in [-0.39, 0.29) is 12.5 Å². The summed E-state index contributed by atoms with van der Waals surface area (Å²) in [5.41, 5.74) is 6.46. The number of benzene rings is 2. The van der Waals surface area contributed by atoms with Crippen molar-refractivity contribution in [2.75, 3.05) is 13.2 Å². The first kappa shape index (κ1) is 20.8. The van der Waals surface area contributed by atoms with Crippen molar-refractivity contribution < 1.29 is 14.3 Å². The second-order valence-corrected chi connectivity index (χ2v) is 7.84. The third kappa shape index (κ3) is 4.50. The van der Waals surface area contributed by atoms with Crippen LogP contribution in [0.3, 0.4) is 0 Å². The highest BCUT2D eigenvalue weighted by Crippen LogP contribution is 2.37. The molecule has 0 unspecified atom stereocenters. The lowest BCUT2D eigenvalue weighted by Crippen LogP contribution is -2.29. The maximum absolute atomic E-state index is 13.0. The molecule has 1 aliphatic rings. The molecule has 5 heteroatoms. The molecular formula is C26H26N2O3. The van der Waals surface area contributed by atoms with Gasteiger partial charge in [0.25, 0.3) is 5.91 Å². The number of aromatic nitrogens is 1.